The van der Waals surface area contributed by atoms with Crippen molar-refractivity contribution in [1.29, 1.82) is 0 Å². The van der Waals surface area contributed by atoms with Crippen LogP contribution in [0, 0.1) is 0 Å². The fraction of sp³-hybridized carbons (Fsp3) is 0.389. The fourth-order valence-electron chi connectivity index (χ4n) is 2.51. The summed E-state index contributed by atoms with van der Waals surface area (Å²) in [5, 5.41) is 9.96. The Morgan fingerprint density at radius 3 is 2.56 bits per heavy atom. The van der Waals surface area contributed by atoms with Crippen LogP contribution in [-0.2, 0) is 16.1 Å². The smallest absolute Gasteiger partial charge is 0.322 e. The Kier molecular flexibility index (Phi) is 5.80. The van der Waals surface area contributed by atoms with E-state index in [-0.39, 0.29) is 43.1 Å². The molecule has 1 saturated heterocycles. The van der Waals surface area contributed by atoms with Gasteiger partial charge in [0.2, 0.25) is 17.7 Å². The van der Waals surface area contributed by atoms with E-state index in [0.29, 0.717) is 17.9 Å². The lowest BCUT2D eigenvalue weighted by Gasteiger charge is -2.09. The van der Waals surface area contributed by atoms with Crippen molar-refractivity contribution in [2.45, 2.75) is 39.2 Å². The van der Waals surface area contributed by atoms with Gasteiger partial charge in [-0.1, -0.05) is 18.4 Å². The molecule has 1 aromatic heterocycles. The number of likely N-dealkylation sites (tertiary alicyclic amines) is 1. The summed E-state index contributed by atoms with van der Waals surface area (Å²) >= 11 is 0. The van der Waals surface area contributed by atoms with E-state index < -0.39 is 5.91 Å². The summed E-state index contributed by atoms with van der Waals surface area (Å²) in [4.78, 5) is 36.5. The Labute approximate surface area is 155 Å². The molecule has 2 heterocycles. The van der Waals surface area contributed by atoms with Crippen LogP contribution in [0.1, 0.15) is 48.9 Å². The first-order valence-corrected chi connectivity index (χ1v) is 8.76. The number of carbonyl (C=O) groups is 3. The summed E-state index contributed by atoms with van der Waals surface area (Å²) in [6, 6.07) is 6.60. The standard InChI is InChI=1S/C18H20N4O5/c1-2-3-10-26-13-6-4-12(5-7-13)17(25)19-18-21-20-14(27-18)11-22-15(23)8-9-16(22)24/h4-7H,2-3,8-11H2,1H3,(H,19,21,25). The first-order valence-electron chi connectivity index (χ1n) is 8.76. The molecule has 0 saturated carbocycles. The van der Waals surface area contributed by atoms with Crippen molar-refractivity contribution in [3.8, 4) is 5.75 Å². The summed E-state index contributed by atoms with van der Waals surface area (Å²) in [5.41, 5.74) is 0.405. The van der Waals surface area contributed by atoms with E-state index in [1.54, 1.807) is 24.3 Å². The van der Waals surface area contributed by atoms with Gasteiger partial charge in [-0.05, 0) is 30.7 Å². The largest absolute Gasteiger partial charge is 0.494 e. The summed E-state index contributed by atoms with van der Waals surface area (Å²) in [5.74, 6) is -0.192. The molecule has 142 valence electrons. The second-order valence-corrected chi connectivity index (χ2v) is 6.06. The van der Waals surface area contributed by atoms with Crippen LogP contribution in [0.2, 0.25) is 0 Å². The maximum atomic E-state index is 12.2. The van der Waals surface area contributed by atoms with Gasteiger partial charge in [0.05, 0.1) is 6.61 Å². The first-order chi connectivity index (χ1) is 13.1. The van der Waals surface area contributed by atoms with Gasteiger partial charge in [-0.3, -0.25) is 24.6 Å². The van der Waals surface area contributed by atoms with Crippen molar-refractivity contribution < 1.29 is 23.5 Å². The third kappa shape index (κ3) is 4.69. The summed E-state index contributed by atoms with van der Waals surface area (Å²) in [6.07, 6.45) is 2.40. The molecule has 9 nitrogen and oxygen atoms in total. The molecule has 0 aliphatic carbocycles. The zero-order chi connectivity index (χ0) is 19.2. The quantitative estimate of drug-likeness (QED) is 0.558. The van der Waals surface area contributed by atoms with Crippen molar-refractivity contribution in [3.63, 3.8) is 0 Å². The number of carbonyl (C=O) groups excluding carboxylic acids is 3. The molecule has 27 heavy (non-hydrogen) atoms. The predicted octanol–water partition coefficient (Wildman–Crippen LogP) is 2.15. The summed E-state index contributed by atoms with van der Waals surface area (Å²) in [6.45, 7) is 2.62. The SMILES string of the molecule is CCCCOc1ccc(C(=O)Nc2nnc(CN3C(=O)CCC3=O)o2)cc1. The van der Waals surface area contributed by atoms with Crippen LogP contribution in [0.5, 0.6) is 5.75 Å². The number of benzene rings is 1. The van der Waals surface area contributed by atoms with Crippen molar-refractivity contribution in [2.24, 2.45) is 0 Å². The van der Waals surface area contributed by atoms with Gasteiger partial charge in [-0.2, -0.15) is 0 Å². The van der Waals surface area contributed by atoms with Crippen molar-refractivity contribution in [1.82, 2.24) is 15.1 Å². The highest BCUT2D eigenvalue weighted by Crippen LogP contribution is 2.17. The highest BCUT2D eigenvalue weighted by atomic mass is 16.5. The fourth-order valence-corrected chi connectivity index (χ4v) is 2.51. The van der Waals surface area contributed by atoms with E-state index in [4.69, 9.17) is 9.15 Å². The number of hydrogen-bond acceptors (Lipinski definition) is 7. The first kappa shape index (κ1) is 18.6. The Balaban J connectivity index is 1.56. The molecule has 0 unspecified atom stereocenters. The molecule has 0 atom stereocenters. The van der Waals surface area contributed by atoms with E-state index in [0.717, 1.165) is 17.7 Å². The molecule has 1 aromatic carbocycles. The van der Waals surface area contributed by atoms with E-state index >= 15 is 0 Å². The second-order valence-electron chi connectivity index (χ2n) is 6.06. The van der Waals surface area contributed by atoms with Crippen molar-refractivity contribution in [3.05, 3.63) is 35.7 Å². The van der Waals surface area contributed by atoms with E-state index in [1.165, 1.54) is 0 Å². The number of nitrogens with one attached hydrogen (secondary N) is 1. The topological polar surface area (TPSA) is 115 Å². The molecule has 1 aliphatic heterocycles. The second kappa shape index (κ2) is 8.43. The number of hydrogen-bond donors (Lipinski definition) is 1. The lowest BCUT2D eigenvalue weighted by molar-refractivity contribution is -0.139. The van der Waals surface area contributed by atoms with E-state index in [2.05, 4.69) is 22.4 Å². The molecule has 0 bridgehead atoms. The van der Waals surface area contributed by atoms with Gasteiger partial charge in [-0.25, -0.2) is 0 Å². The normalized spacial score (nSPS) is 13.9. The Morgan fingerprint density at radius 2 is 1.89 bits per heavy atom. The maximum Gasteiger partial charge on any atom is 0.322 e. The molecule has 0 radical (unpaired) electrons. The molecule has 1 N–H and O–H groups in total. The third-order valence-corrected chi connectivity index (χ3v) is 4.02. The number of nitrogens with zero attached hydrogens (tertiary/aromatic N) is 3. The van der Waals surface area contributed by atoms with Gasteiger partial charge < -0.3 is 9.15 Å². The van der Waals surface area contributed by atoms with Gasteiger partial charge >= 0.3 is 6.01 Å². The zero-order valence-electron chi connectivity index (χ0n) is 14.9. The number of aromatic nitrogens is 2. The Hall–Kier alpha value is -3.23. The monoisotopic (exact) mass is 372 g/mol. The van der Waals surface area contributed by atoms with Crippen LogP contribution in [-0.4, -0.2) is 39.4 Å². The number of ether oxygens (including phenoxy) is 1. The van der Waals surface area contributed by atoms with Crippen LogP contribution in [0.25, 0.3) is 0 Å². The molecular formula is C18H20N4O5. The lowest BCUT2D eigenvalue weighted by atomic mass is 10.2. The highest BCUT2D eigenvalue weighted by Gasteiger charge is 2.30. The van der Waals surface area contributed by atoms with Crippen LogP contribution in [0.3, 0.4) is 0 Å². The van der Waals surface area contributed by atoms with Gasteiger partial charge in [0, 0.05) is 18.4 Å². The Morgan fingerprint density at radius 1 is 1.19 bits per heavy atom. The summed E-state index contributed by atoms with van der Waals surface area (Å²) < 4.78 is 10.8. The number of imide groups is 1. The number of anilines is 1. The van der Waals surface area contributed by atoms with Crippen molar-refractivity contribution >= 4 is 23.7 Å². The van der Waals surface area contributed by atoms with Gasteiger partial charge in [0.15, 0.2) is 0 Å². The van der Waals surface area contributed by atoms with E-state index in [9.17, 15) is 14.4 Å². The minimum Gasteiger partial charge on any atom is -0.494 e. The third-order valence-electron chi connectivity index (χ3n) is 4.02. The number of rotatable bonds is 8. The van der Waals surface area contributed by atoms with Crippen LogP contribution < -0.4 is 10.1 Å². The number of amides is 3. The van der Waals surface area contributed by atoms with Crippen LogP contribution in [0.15, 0.2) is 28.7 Å². The Bertz CT molecular complexity index is 815. The molecule has 3 amide bonds. The van der Waals surface area contributed by atoms with Gasteiger partial charge in [0.1, 0.15) is 12.3 Å². The van der Waals surface area contributed by atoms with Crippen LogP contribution in [0.4, 0.5) is 6.01 Å². The molecule has 0 spiro atoms. The molecule has 2 aromatic rings. The van der Waals surface area contributed by atoms with Crippen LogP contribution >= 0.6 is 0 Å². The highest BCUT2D eigenvalue weighted by molar-refractivity contribution is 6.03. The van der Waals surface area contributed by atoms with Gasteiger partial charge in [-0.15, -0.1) is 5.10 Å². The number of unbranched alkanes of at least 4 members (excludes halogenated alkanes) is 1. The molecule has 1 aliphatic rings. The average molecular weight is 372 g/mol. The predicted molar refractivity (Wildman–Crippen MR) is 93.9 cm³/mol. The van der Waals surface area contributed by atoms with Crippen molar-refractivity contribution in [2.75, 3.05) is 11.9 Å². The molecule has 9 heteroatoms. The zero-order valence-corrected chi connectivity index (χ0v) is 14.9. The average Bonchev–Trinajstić information content (AvgIpc) is 3.24. The molecule has 3 rings (SSSR count). The molecular weight excluding hydrogens is 352 g/mol. The summed E-state index contributed by atoms with van der Waals surface area (Å²) in [7, 11) is 0. The lowest BCUT2D eigenvalue weighted by Crippen LogP contribution is -2.28. The minimum absolute atomic E-state index is 0.0774. The van der Waals surface area contributed by atoms with E-state index in [1.807, 2.05) is 0 Å². The molecule has 1 fully saturated rings. The minimum atomic E-state index is -0.418. The van der Waals surface area contributed by atoms with Gasteiger partial charge in [0.25, 0.3) is 5.91 Å². The maximum absolute atomic E-state index is 12.2.